The van der Waals surface area contributed by atoms with E-state index in [1.165, 1.54) is 5.56 Å². The van der Waals surface area contributed by atoms with Crippen molar-refractivity contribution in [2.75, 3.05) is 56.5 Å². The van der Waals surface area contributed by atoms with Crippen molar-refractivity contribution in [3.63, 3.8) is 0 Å². The number of nitrogens with zero attached hydrogens (tertiary/aromatic N) is 4. The number of guanidine groups is 1. The number of hydrogen-bond acceptors (Lipinski definition) is 5. The summed E-state index contributed by atoms with van der Waals surface area (Å²) in [6.45, 7) is 8.18. The molecule has 0 spiro atoms. The molecular weight excluding hydrogens is 402 g/mol. The van der Waals surface area contributed by atoms with Gasteiger partial charge in [0.05, 0.1) is 6.54 Å². The van der Waals surface area contributed by atoms with Crippen molar-refractivity contribution in [3.05, 3.63) is 53.7 Å². The van der Waals surface area contributed by atoms with Crippen molar-refractivity contribution in [1.29, 1.82) is 0 Å². The zero-order chi connectivity index (χ0) is 22.3. The fourth-order valence-corrected chi connectivity index (χ4v) is 4.15. The predicted molar refractivity (Wildman–Crippen MR) is 129 cm³/mol. The maximum absolute atomic E-state index is 12.1. The molecule has 1 unspecified atom stereocenters. The number of anilines is 2. The highest BCUT2D eigenvalue weighted by molar-refractivity contribution is 5.94. The average Bonchev–Trinajstić information content (AvgIpc) is 2.81. The third kappa shape index (κ3) is 5.56. The number of piperazine rings is 1. The first-order chi connectivity index (χ1) is 15.6. The van der Waals surface area contributed by atoms with Gasteiger partial charge in [-0.05, 0) is 37.2 Å². The van der Waals surface area contributed by atoms with E-state index in [1.54, 1.807) is 0 Å². The number of benzene rings is 1. The van der Waals surface area contributed by atoms with Crippen LogP contribution in [0.15, 0.2) is 47.6 Å². The van der Waals surface area contributed by atoms with Gasteiger partial charge in [-0.15, -0.1) is 0 Å². The van der Waals surface area contributed by atoms with Gasteiger partial charge in [-0.1, -0.05) is 24.3 Å². The Morgan fingerprint density at radius 1 is 1.16 bits per heavy atom. The minimum absolute atomic E-state index is 0.0592. The highest BCUT2D eigenvalue weighted by atomic mass is 16.1. The van der Waals surface area contributed by atoms with Crippen LogP contribution in [0.1, 0.15) is 30.4 Å². The fraction of sp³-hybridized carbons (Fsp3) is 0.458. The lowest BCUT2D eigenvalue weighted by atomic mass is 9.90. The number of aliphatic imine (C=N–C) groups is 1. The molecule has 2 aliphatic heterocycles. The van der Waals surface area contributed by atoms with Crippen molar-refractivity contribution in [1.82, 2.24) is 20.5 Å². The van der Waals surface area contributed by atoms with Crippen molar-refractivity contribution < 1.29 is 4.79 Å². The Kier molecular flexibility index (Phi) is 7.21. The van der Waals surface area contributed by atoms with Crippen LogP contribution in [-0.2, 0) is 11.3 Å². The lowest BCUT2D eigenvalue weighted by Gasteiger charge is -2.33. The van der Waals surface area contributed by atoms with Gasteiger partial charge in [0.25, 0.3) is 0 Å². The summed E-state index contributed by atoms with van der Waals surface area (Å²) in [4.78, 5) is 26.1. The van der Waals surface area contributed by atoms with Crippen LogP contribution in [0.3, 0.4) is 0 Å². The minimum atomic E-state index is 0.0592. The second-order valence-electron chi connectivity index (χ2n) is 8.43. The Morgan fingerprint density at radius 2 is 1.97 bits per heavy atom. The summed E-state index contributed by atoms with van der Waals surface area (Å²) in [6.07, 6.45) is 2.39. The molecule has 1 aromatic carbocycles. The molecule has 1 atom stereocenters. The zero-order valence-corrected chi connectivity index (χ0v) is 19.0. The maximum atomic E-state index is 12.1. The Hall–Kier alpha value is -3.13. The number of pyridine rings is 1. The second kappa shape index (κ2) is 10.5. The molecule has 8 heteroatoms. The first kappa shape index (κ1) is 22.1. The molecule has 3 N–H and O–H groups in total. The van der Waals surface area contributed by atoms with Gasteiger partial charge < -0.3 is 25.8 Å². The molecule has 0 radical (unpaired) electrons. The average molecular weight is 436 g/mol. The summed E-state index contributed by atoms with van der Waals surface area (Å²) in [5, 5.41) is 9.67. The van der Waals surface area contributed by atoms with Crippen LogP contribution < -0.4 is 20.9 Å². The van der Waals surface area contributed by atoms with E-state index in [-0.39, 0.29) is 11.8 Å². The molecule has 0 saturated carbocycles. The van der Waals surface area contributed by atoms with Crippen LogP contribution in [0.4, 0.5) is 11.5 Å². The Labute approximate surface area is 190 Å². The molecule has 8 nitrogen and oxygen atoms in total. The zero-order valence-electron chi connectivity index (χ0n) is 19.0. The molecule has 3 heterocycles. The standard InChI is InChI=1S/C24H33N7O/c1-3-25-24(28-17-19-14-23(32)29-21-7-5-4-6-20(19)21)27-16-18-8-9-22(26-15-18)31-12-10-30(2)11-13-31/h4-9,15,19H,3,10-14,16-17H2,1-2H3,(H,29,32)(H2,25,27,28). The van der Waals surface area contributed by atoms with E-state index >= 15 is 0 Å². The van der Waals surface area contributed by atoms with E-state index in [0.29, 0.717) is 19.5 Å². The second-order valence-corrected chi connectivity index (χ2v) is 8.43. The molecule has 170 valence electrons. The monoisotopic (exact) mass is 435 g/mol. The molecule has 0 aliphatic carbocycles. The van der Waals surface area contributed by atoms with Crippen LogP contribution >= 0.6 is 0 Å². The number of rotatable bonds is 6. The third-order valence-corrected chi connectivity index (χ3v) is 6.02. The third-order valence-electron chi connectivity index (χ3n) is 6.02. The number of carbonyl (C=O) groups excluding carboxylic acids is 1. The van der Waals surface area contributed by atoms with Crippen LogP contribution in [0.2, 0.25) is 0 Å². The van der Waals surface area contributed by atoms with Crippen molar-refractivity contribution in [2.24, 2.45) is 4.99 Å². The summed E-state index contributed by atoms with van der Waals surface area (Å²) in [7, 11) is 2.16. The summed E-state index contributed by atoms with van der Waals surface area (Å²) in [6, 6.07) is 12.2. The van der Waals surface area contributed by atoms with Gasteiger partial charge in [-0.3, -0.25) is 4.79 Å². The van der Waals surface area contributed by atoms with Crippen LogP contribution in [0.25, 0.3) is 0 Å². The first-order valence-corrected chi connectivity index (χ1v) is 11.4. The van der Waals surface area contributed by atoms with Gasteiger partial charge >= 0.3 is 0 Å². The molecule has 1 fully saturated rings. The van der Waals surface area contributed by atoms with Crippen LogP contribution in [0.5, 0.6) is 0 Å². The summed E-state index contributed by atoms with van der Waals surface area (Å²) in [5.41, 5.74) is 3.14. The van der Waals surface area contributed by atoms with E-state index in [0.717, 1.165) is 55.8 Å². The number of likely N-dealkylation sites (N-methyl/N-ethyl adjacent to an activating group) is 1. The fourth-order valence-electron chi connectivity index (χ4n) is 4.15. The van der Waals surface area contributed by atoms with E-state index in [9.17, 15) is 4.79 Å². The first-order valence-electron chi connectivity index (χ1n) is 11.4. The summed E-state index contributed by atoms with van der Waals surface area (Å²) >= 11 is 0. The smallest absolute Gasteiger partial charge is 0.225 e. The number of hydrogen-bond donors (Lipinski definition) is 3. The highest BCUT2D eigenvalue weighted by Gasteiger charge is 2.24. The normalized spacial score (nSPS) is 19.3. The number of nitrogens with one attached hydrogen (secondary N) is 3. The van der Waals surface area contributed by atoms with E-state index in [2.05, 4.69) is 56.0 Å². The Balaban J connectivity index is 1.36. The van der Waals surface area contributed by atoms with E-state index < -0.39 is 0 Å². The topological polar surface area (TPSA) is 84.9 Å². The molecular formula is C24H33N7O. The summed E-state index contributed by atoms with van der Waals surface area (Å²) in [5.74, 6) is 1.96. The number of amides is 1. The number of aromatic nitrogens is 1. The quantitative estimate of drug-likeness (QED) is 0.476. The number of carbonyl (C=O) groups is 1. The molecule has 1 amide bonds. The molecule has 1 aromatic heterocycles. The minimum Gasteiger partial charge on any atom is -0.357 e. The van der Waals surface area contributed by atoms with Gasteiger partial charge in [0.2, 0.25) is 5.91 Å². The van der Waals surface area contributed by atoms with Crippen LogP contribution in [0, 0.1) is 0 Å². The molecule has 1 saturated heterocycles. The largest absolute Gasteiger partial charge is 0.357 e. The van der Waals surface area contributed by atoms with Crippen LogP contribution in [-0.4, -0.2) is 68.1 Å². The lowest BCUT2D eigenvalue weighted by molar-refractivity contribution is -0.116. The van der Waals surface area contributed by atoms with Gasteiger partial charge in [0.1, 0.15) is 5.82 Å². The van der Waals surface area contributed by atoms with Gasteiger partial charge in [-0.2, -0.15) is 0 Å². The molecule has 2 aliphatic rings. The molecule has 0 bridgehead atoms. The van der Waals surface area contributed by atoms with Crippen molar-refractivity contribution in [2.45, 2.75) is 25.8 Å². The molecule has 4 rings (SSSR count). The lowest BCUT2D eigenvalue weighted by Crippen LogP contribution is -2.44. The number of fused-ring (bicyclic) bond motifs is 1. The van der Waals surface area contributed by atoms with Gasteiger partial charge in [0, 0.05) is 63.5 Å². The Morgan fingerprint density at radius 3 is 2.72 bits per heavy atom. The maximum Gasteiger partial charge on any atom is 0.225 e. The van der Waals surface area contributed by atoms with E-state index in [4.69, 9.17) is 4.99 Å². The SMILES string of the molecule is CCNC(=NCc1ccc(N2CCN(C)CC2)nc1)NCC1CC(=O)Nc2ccccc21. The molecule has 32 heavy (non-hydrogen) atoms. The van der Waals surface area contributed by atoms with Gasteiger partial charge in [-0.25, -0.2) is 9.98 Å². The van der Waals surface area contributed by atoms with Gasteiger partial charge in [0.15, 0.2) is 5.96 Å². The van der Waals surface area contributed by atoms with Crippen molar-refractivity contribution >= 4 is 23.4 Å². The molecule has 2 aromatic rings. The predicted octanol–water partition coefficient (Wildman–Crippen LogP) is 2.01. The van der Waals surface area contributed by atoms with E-state index in [1.807, 2.05) is 31.3 Å². The number of para-hydroxylation sites is 1. The summed E-state index contributed by atoms with van der Waals surface area (Å²) < 4.78 is 0. The van der Waals surface area contributed by atoms with Crippen molar-refractivity contribution in [3.8, 4) is 0 Å². The Bertz CT molecular complexity index is 936. The highest BCUT2D eigenvalue weighted by Crippen LogP contribution is 2.31.